The van der Waals surface area contributed by atoms with Crippen molar-refractivity contribution in [2.75, 3.05) is 26.2 Å². The smallest absolute Gasteiger partial charge is 0.254 e. The predicted octanol–water partition coefficient (Wildman–Crippen LogP) is 1.36. The highest BCUT2D eigenvalue weighted by Crippen LogP contribution is 2.27. The summed E-state index contributed by atoms with van der Waals surface area (Å²) in [6.07, 6.45) is 0. The average Bonchev–Trinajstić information content (AvgIpc) is 2.37. The first-order valence-electron chi connectivity index (χ1n) is 6.32. The highest BCUT2D eigenvalue weighted by Gasteiger charge is 2.22. The van der Waals surface area contributed by atoms with E-state index in [1.807, 2.05) is 25.7 Å². The van der Waals surface area contributed by atoms with Crippen LogP contribution in [0, 0.1) is 20.8 Å². The third-order valence-electron chi connectivity index (χ3n) is 3.69. The zero-order valence-electron chi connectivity index (χ0n) is 11.2. The van der Waals surface area contributed by atoms with Crippen LogP contribution in [-0.2, 0) is 0 Å². The Balaban J connectivity index is 2.38. The van der Waals surface area contributed by atoms with Gasteiger partial charge in [0.15, 0.2) is 0 Å². The minimum absolute atomic E-state index is 0.0783. The Labute approximate surface area is 108 Å². The van der Waals surface area contributed by atoms with Crippen molar-refractivity contribution in [2.45, 2.75) is 20.8 Å². The van der Waals surface area contributed by atoms with Gasteiger partial charge in [-0.1, -0.05) is 0 Å². The Kier molecular flexibility index (Phi) is 3.57. The lowest BCUT2D eigenvalue weighted by molar-refractivity contribution is 0.0734. The number of phenols is 1. The molecule has 4 nitrogen and oxygen atoms in total. The van der Waals surface area contributed by atoms with Crippen LogP contribution in [0.3, 0.4) is 0 Å². The highest BCUT2D eigenvalue weighted by molar-refractivity contribution is 5.97. The zero-order valence-corrected chi connectivity index (χ0v) is 11.2. The molecule has 1 aromatic rings. The Morgan fingerprint density at radius 1 is 1.22 bits per heavy atom. The quantitative estimate of drug-likeness (QED) is 0.789. The van der Waals surface area contributed by atoms with E-state index in [0.29, 0.717) is 0 Å². The molecular formula is C14H20N2O2. The van der Waals surface area contributed by atoms with Gasteiger partial charge in [0, 0.05) is 31.7 Å². The van der Waals surface area contributed by atoms with Crippen molar-refractivity contribution >= 4 is 5.91 Å². The third-order valence-corrected chi connectivity index (χ3v) is 3.69. The maximum atomic E-state index is 12.5. The van der Waals surface area contributed by atoms with Gasteiger partial charge in [0.05, 0.1) is 0 Å². The summed E-state index contributed by atoms with van der Waals surface area (Å²) < 4.78 is 0. The molecule has 1 amide bonds. The van der Waals surface area contributed by atoms with E-state index in [2.05, 4.69) is 5.32 Å². The van der Waals surface area contributed by atoms with Gasteiger partial charge in [0.25, 0.3) is 5.91 Å². The summed E-state index contributed by atoms with van der Waals surface area (Å²) in [5.74, 6) is 0.344. The van der Waals surface area contributed by atoms with Gasteiger partial charge in [-0.25, -0.2) is 0 Å². The SMILES string of the molecule is Cc1cc(O)c(C)c(C)c1C(=O)N1CCNCC1. The molecule has 0 aliphatic carbocycles. The number of carbonyl (C=O) groups excluding carboxylic acids is 1. The summed E-state index contributed by atoms with van der Waals surface area (Å²) >= 11 is 0. The zero-order chi connectivity index (χ0) is 13.3. The number of aryl methyl sites for hydroxylation is 1. The van der Waals surface area contributed by atoms with Crippen molar-refractivity contribution < 1.29 is 9.90 Å². The minimum atomic E-state index is 0.0783. The number of piperazine rings is 1. The summed E-state index contributed by atoms with van der Waals surface area (Å²) in [4.78, 5) is 14.4. The van der Waals surface area contributed by atoms with Gasteiger partial charge >= 0.3 is 0 Å². The van der Waals surface area contributed by atoms with Crippen molar-refractivity contribution in [1.29, 1.82) is 0 Å². The first kappa shape index (κ1) is 12.9. The van der Waals surface area contributed by atoms with E-state index in [1.54, 1.807) is 6.07 Å². The fourth-order valence-corrected chi connectivity index (χ4v) is 2.42. The van der Waals surface area contributed by atoms with E-state index >= 15 is 0 Å². The van der Waals surface area contributed by atoms with E-state index in [-0.39, 0.29) is 11.7 Å². The van der Waals surface area contributed by atoms with Gasteiger partial charge in [-0.05, 0) is 43.5 Å². The number of hydrogen-bond acceptors (Lipinski definition) is 3. The molecule has 1 aromatic carbocycles. The highest BCUT2D eigenvalue weighted by atomic mass is 16.3. The molecule has 1 heterocycles. The summed E-state index contributed by atoms with van der Waals surface area (Å²) in [7, 11) is 0. The van der Waals surface area contributed by atoms with Crippen LogP contribution in [0.4, 0.5) is 0 Å². The molecule has 0 bridgehead atoms. The molecular weight excluding hydrogens is 228 g/mol. The molecule has 0 unspecified atom stereocenters. The summed E-state index contributed by atoms with van der Waals surface area (Å²) in [5, 5.41) is 13.0. The normalized spacial score (nSPS) is 15.8. The van der Waals surface area contributed by atoms with Crippen LogP contribution < -0.4 is 5.32 Å². The van der Waals surface area contributed by atoms with Crippen LogP contribution in [-0.4, -0.2) is 42.1 Å². The summed E-state index contributed by atoms with van der Waals surface area (Å²) in [5.41, 5.74) is 3.27. The number of rotatable bonds is 1. The van der Waals surface area contributed by atoms with Crippen molar-refractivity contribution in [2.24, 2.45) is 0 Å². The molecule has 1 fully saturated rings. The fraction of sp³-hybridized carbons (Fsp3) is 0.500. The number of benzene rings is 1. The number of phenolic OH excluding ortho intramolecular Hbond substituents is 1. The van der Waals surface area contributed by atoms with Crippen LogP contribution >= 0.6 is 0 Å². The van der Waals surface area contributed by atoms with Crippen molar-refractivity contribution in [3.05, 3.63) is 28.3 Å². The predicted molar refractivity (Wildman–Crippen MR) is 71.1 cm³/mol. The van der Waals surface area contributed by atoms with Gasteiger partial charge < -0.3 is 15.3 Å². The first-order chi connectivity index (χ1) is 8.52. The van der Waals surface area contributed by atoms with Crippen LogP contribution in [0.5, 0.6) is 5.75 Å². The van der Waals surface area contributed by atoms with E-state index in [0.717, 1.165) is 48.4 Å². The fourth-order valence-electron chi connectivity index (χ4n) is 2.42. The molecule has 0 atom stereocenters. The second kappa shape index (κ2) is 4.98. The second-order valence-electron chi connectivity index (χ2n) is 4.88. The topological polar surface area (TPSA) is 52.6 Å². The van der Waals surface area contributed by atoms with Crippen molar-refractivity contribution in [1.82, 2.24) is 10.2 Å². The molecule has 18 heavy (non-hydrogen) atoms. The molecule has 0 radical (unpaired) electrons. The largest absolute Gasteiger partial charge is 0.508 e. The maximum absolute atomic E-state index is 12.5. The summed E-state index contributed by atoms with van der Waals surface area (Å²) in [6, 6.07) is 1.68. The summed E-state index contributed by atoms with van der Waals surface area (Å²) in [6.45, 7) is 8.81. The molecule has 1 aliphatic heterocycles. The van der Waals surface area contributed by atoms with Gasteiger partial charge in [-0.3, -0.25) is 4.79 Å². The average molecular weight is 248 g/mol. The van der Waals surface area contributed by atoms with E-state index < -0.39 is 0 Å². The van der Waals surface area contributed by atoms with E-state index in [4.69, 9.17) is 0 Å². The Morgan fingerprint density at radius 2 is 1.83 bits per heavy atom. The molecule has 1 aliphatic rings. The molecule has 0 saturated carbocycles. The van der Waals surface area contributed by atoms with Gasteiger partial charge in [-0.15, -0.1) is 0 Å². The van der Waals surface area contributed by atoms with Crippen LogP contribution in [0.15, 0.2) is 6.07 Å². The molecule has 0 aromatic heterocycles. The Bertz CT molecular complexity index is 477. The molecule has 4 heteroatoms. The molecule has 98 valence electrons. The number of nitrogens with zero attached hydrogens (tertiary/aromatic N) is 1. The van der Waals surface area contributed by atoms with Crippen molar-refractivity contribution in [3.63, 3.8) is 0 Å². The van der Waals surface area contributed by atoms with Crippen LogP contribution in [0.1, 0.15) is 27.0 Å². The molecule has 1 saturated heterocycles. The number of aromatic hydroxyl groups is 1. The van der Waals surface area contributed by atoms with E-state index in [9.17, 15) is 9.90 Å². The number of nitrogens with one attached hydrogen (secondary N) is 1. The monoisotopic (exact) mass is 248 g/mol. The second-order valence-corrected chi connectivity index (χ2v) is 4.88. The maximum Gasteiger partial charge on any atom is 0.254 e. The Hall–Kier alpha value is -1.55. The van der Waals surface area contributed by atoms with Crippen LogP contribution in [0.2, 0.25) is 0 Å². The lowest BCUT2D eigenvalue weighted by Crippen LogP contribution is -2.46. The number of carbonyl (C=O) groups is 1. The lowest BCUT2D eigenvalue weighted by Gasteiger charge is -2.29. The van der Waals surface area contributed by atoms with Gasteiger partial charge in [0.1, 0.15) is 5.75 Å². The third kappa shape index (κ3) is 2.20. The van der Waals surface area contributed by atoms with E-state index in [1.165, 1.54) is 0 Å². The van der Waals surface area contributed by atoms with Gasteiger partial charge in [0.2, 0.25) is 0 Å². The number of hydrogen-bond donors (Lipinski definition) is 2. The Morgan fingerprint density at radius 3 is 2.44 bits per heavy atom. The molecule has 0 spiro atoms. The first-order valence-corrected chi connectivity index (χ1v) is 6.32. The lowest BCUT2D eigenvalue weighted by atomic mass is 9.96. The standard InChI is InChI=1S/C14H20N2O2/c1-9-8-12(17)10(2)11(3)13(9)14(18)16-6-4-15-5-7-16/h8,15,17H,4-7H2,1-3H3. The van der Waals surface area contributed by atoms with Gasteiger partial charge in [-0.2, -0.15) is 0 Å². The van der Waals surface area contributed by atoms with Crippen molar-refractivity contribution in [3.8, 4) is 5.75 Å². The number of amides is 1. The van der Waals surface area contributed by atoms with Crippen LogP contribution in [0.25, 0.3) is 0 Å². The minimum Gasteiger partial charge on any atom is -0.508 e. The molecule has 2 rings (SSSR count). The molecule has 2 N–H and O–H groups in total.